The molecule has 5 nitrogen and oxygen atoms in total. The number of rotatable bonds is 8. The number of benzene rings is 2. The predicted octanol–water partition coefficient (Wildman–Crippen LogP) is 3.45. The zero-order chi connectivity index (χ0) is 25.0. The van der Waals surface area contributed by atoms with Gasteiger partial charge in [-0.2, -0.15) is 8.78 Å². The number of esters is 1. The van der Waals surface area contributed by atoms with Crippen molar-refractivity contribution in [3.05, 3.63) is 72.8 Å². The summed E-state index contributed by atoms with van der Waals surface area (Å²) >= 11 is 0. The van der Waals surface area contributed by atoms with Crippen LogP contribution >= 0.6 is 0 Å². The number of ether oxygens (including phenoxy) is 2. The van der Waals surface area contributed by atoms with Gasteiger partial charge in [-0.25, -0.2) is 4.79 Å². The maximum absolute atomic E-state index is 14.6. The largest absolute Gasteiger partial charge is 0.461 e. The van der Waals surface area contributed by atoms with E-state index >= 15 is 0 Å². The van der Waals surface area contributed by atoms with E-state index in [1.807, 2.05) is 60.7 Å². The number of alkyl halides is 2. The summed E-state index contributed by atoms with van der Waals surface area (Å²) in [4.78, 5) is 11.8. The van der Waals surface area contributed by atoms with Gasteiger partial charge in [0.15, 0.2) is 6.10 Å². The molecule has 3 atom stereocenters. The molecule has 34 heavy (non-hydrogen) atoms. The van der Waals surface area contributed by atoms with E-state index in [1.54, 1.807) is 0 Å². The third-order valence-corrected chi connectivity index (χ3v) is 11.0. The second-order valence-corrected chi connectivity index (χ2v) is 13.6. The number of carbonyl (C=O) groups is 1. The Bertz CT molecular complexity index is 936. The molecule has 1 heterocycles. The van der Waals surface area contributed by atoms with Crippen molar-refractivity contribution in [3.63, 3.8) is 0 Å². The second-order valence-electron chi connectivity index (χ2n) is 9.29. The van der Waals surface area contributed by atoms with Gasteiger partial charge in [0.05, 0.1) is 13.2 Å². The van der Waals surface area contributed by atoms with E-state index in [1.165, 1.54) is 13.0 Å². The van der Waals surface area contributed by atoms with Crippen LogP contribution in [0, 0.1) is 0 Å². The van der Waals surface area contributed by atoms with Crippen LogP contribution in [0.5, 0.6) is 0 Å². The molecule has 1 N–H and O–H groups in total. The normalized spacial score (nSPS) is 21.3. The predicted molar refractivity (Wildman–Crippen MR) is 129 cm³/mol. The van der Waals surface area contributed by atoms with Gasteiger partial charge in [0.2, 0.25) is 0 Å². The lowest BCUT2D eigenvalue weighted by Crippen LogP contribution is -2.67. The van der Waals surface area contributed by atoms with E-state index in [2.05, 4.69) is 25.5 Å². The molecule has 0 bridgehead atoms. The third-order valence-electron chi connectivity index (χ3n) is 5.97. The molecule has 1 aliphatic heterocycles. The molecule has 0 aromatic heterocycles. The molecular formula is C26H32F2O5Si. The van der Waals surface area contributed by atoms with E-state index < -0.39 is 38.5 Å². The molecule has 2 aromatic rings. The molecule has 2 aromatic carbocycles. The van der Waals surface area contributed by atoms with Gasteiger partial charge >= 0.3 is 11.9 Å². The Morgan fingerprint density at radius 3 is 2.00 bits per heavy atom. The highest BCUT2D eigenvalue weighted by molar-refractivity contribution is 6.99. The lowest BCUT2D eigenvalue weighted by atomic mass is 10.1. The number of hydrogen-bond acceptors (Lipinski definition) is 5. The highest BCUT2D eigenvalue weighted by atomic mass is 28.4. The first-order valence-corrected chi connectivity index (χ1v) is 13.3. The van der Waals surface area contributed by atoms with Crippen molar-refractivity contribution in [2.45, 2.75) is 57.0 Å². The lowest BCUT2D eigenvalue weighted by molar-refractivity contribution is -0.202. The fraction of sp³-hybridized carbons (Fsp3) is 0.423. The molecule has 0 aliphatic carbocycles. The van der Waals surface area contributed by atoms with E-state index in [0.29, 0.717) is 0 Å². The molecule has 0 radical (unpaired) electrons. The van der Waals surface area contributed by atoms with Crippen molar-refractivity contribution in [1.29, 1.82) is 0 Å². The molecular weight excluding hydrogens is 458 g/mol. The fourth-order valence-electron chi connectivity index (χ4n) is 4.31. The highest BCUT2D eigenvalue weighted by Crippen LogP contribution is 2.37. The van der Waals surface area contributed by atoms with E-state index in [-0.39, 0.29) is 18.3 Å². The molecule has 0 amide bonds. The van der Waals surface area contributed by atoms with Crippen LogP contribution in [0.1, 0.15) is 27.7 Å². The van der Waals surface area contributed by atoms with Crippen LogP contribution in [0.3, 0.4) is 0 Å². The Hall–Kier alpha value is -2.39. The van der Waals surface area contributed by atoms with Crippen LogP contribution in [0.4, 0.5) is 8.78 Å². The quantitative estimate of drug-likeness (QED) is 0.349. The van der Waals surface area contributed by atoms with Crippen molar-refractivity contribution in [3.8, 4) is 0 Å². The zero-order valence-corrected chi connectivity index (χ0v) is 20.9. The summed E-state index contributed by atoms with van der Waals surface area (Å²) in [5, 5.41) is 12.2. The molecule has 0 saturated carbocycles. The van der Waals surface area contributed by atoms with Gasteiger partial charge < -0.3 is 19.0 Å². The molecule has 3 rings (SSSR count). The zero-order valence-electron chi connectivity index (χ0n) is 19.9. The number of halogens is 2. The minimum Gasteiger partial charge on any atom is -0.461 e. The summed E-state index contributed by atoms with van der Waals surface area (Å²) in [6.07, 6.45) is -1.88. The number of aliphatic hydroxyl groups is 1. The van der Waals surface area contributed by atoms with E-state index in [4.69, 9.17) is 9.16 Å². The monoisotopic (exact) mass is 490 g/mol. The van der Waals surface area contributed by atoms with Crippen molar-refractivity contribution in [1.82, 2.24) is 0 Å². The minimum atomic E-state index is -3.89. The topological polar surface area (TPSA) is 65.0 Å². The maximum atomic E-state index is 14.6. The third kappa shape index (κ3) is 5.15. The Morgan fingerprint density at radius 2 is 1.53 bits per heavy atom. The number of aliphatic hydroxyl groups excluding tert-OH is 1. The van der Waals surface area contributed by atoms with Crippen LogP contribution < -0.4 is 10.4 Å². The van der Waals surface area contributed by atoms with Gasteiger partial charge in [-0.15, -0.1) is 0 Å². The molecule has 8 heteroatoms. The fourth-order valence-corrected chi connectivity index (χ4v) is 8.88. The molecule has 0 unspecified atom stereocenters. The summed E-state index contributed by atoms with van der Waals surface area (Å²) in [6.45, 7) is 7.43. The Labute approximate surface area is 200 Å². The average Bonchev–Trinajstić information content (AvgIpc) is 2.81. The van der Waals surface area contributed by atoms with Gasteiger partial charge in [0.1, 0.15) is 12.2 Å². The first kappa shape index (κ1) is 26.2. The van der Waals surface area contributed by atoms with Crippen LogP contribution in [0.25, 0.3) is 0 Å². The standard InChI is InChI=1S/C26H32F2O5Si/c1-5-31-24(30)26(27,28)23-17-16-21(29)22(33-23)18-32-34(25(2,3)4,19-12-8-6-9-13-19)20-14-10-7-11-15-20/h6-17,21-23,29H,5,18H2,1-4H3/t21-,22+,23-/m0/s1. The van der Waals surface area contributed by atoms with Gasteiger partial charge in [0, 0.05) is 0 Å². The average molecular weight is 491 g/mol. The molecule has 0 fully saturated rings. The summed E-state index contributed by atoms with van der Waals surface area (Å²) in [6, 6.07) is 19.7. The van der Waals surface area contributed by atoms with Crippen molar-refractivity contribution in [2.24, 2.45) is 0 Å². The van der Waals surface area contributed by atoms with Crippen LogP contribution in [-0.4, -0.2) is 56.8 Å². The van der Waals surface area contributed by atoms with Gasteiger partial charge in [-0.1, -0.05) is 93.6 Å². The lowest BCUT2D eigenvalue weighted by Gasteiger charge is -2.44. The van der Waals surface area contributed by atoms with Crippen molar-refractivity contribution in [2.75, 3.05) is 13.2 Å². The van der Waals surface area contributed by atoms with Crippen LogP contribution in [0.2, 0.25) is 5.04 Å². The Kier molecular flexibility index (Phi) is 8.08. The minimum absolute atomic E-state index is 0.131. The highest BCUT2D eigenvalue weighted by Gasteiger charge is 2.53. The summed E-state index contributed by atoms with van der Waals surface area (Å²) in [5.74, 6) is -5.55. The van der Waals surface area contributed by atoms with E-state index in [0.717, 1.165) is 16.4 Å². The molecule has 184 valence electrons. The second kappa shape index (κ2) is 10.5. The Balaban J connectivity index is 1.94. The van der Waals surface area contributed by atoms with E-state index in [9.17, 15) is 18.7 Å². The summed E-state index contributed by atoms with van der Waals surface area (Å²) in [5.41, 5.74) is 0. The number of carbonyl (C=O) groups excluding carboxylic acids is 1. The van der Waals surface area contributed by atoms with Gasteiger partial charge in [0.25, 0.3) is 8.32 Å². The molecule has 0 spiro atoms. The van der Waals surface area contributed by atoms with Gasteiger partial charge in [-0.3, -0.25) is 0 Å². The first-order valence-electron chi connectivity index (χ1n) is 11.4. The number of hydrogen-bond donors (Lipinski definition) is 1. The Morgan fingerprint density at radius 1 is 1.00 bits per heavy atom. The van der Waals surface area contributed by atoms with Crippen molar-refractivity contribution < 1.29 is 32.6 Å². The molecule has 0 saturated heterocycles. The van der Waals surface area contributed by atoms with Gasteiger partial charge in [-0.05, 0) is 22.3 Å². The molecule has 1 aliphatic rings. The first-order chi connectivity index (χ1) is 16.0. The van der Waals surface area contributed by atoms with Crippen LogP contribution in [0.15, 0.2) is 72.8 Å². The summed E-state index contributed by atoms with van der Waals surface area (Å²) < 4.78 is 46.0. The van der Waals surface area contributed by atoms with Crippen LogP contribution in [-0.2, 0) is 18.7 Å². The maximum Gasteiger partial charge on any atom is 0.380 e. The smallest absolute Gasteiger partial charge is 0.380 e. The SMILES string of the molecule is CCOC(=O)C(F)(F)[C@@H]1C=C[C@H](O)[C@@H](CO[Si](c2ccccc2)(c2ccccc2)C(C)(C)C)O1. The summed E-state index contributed by atoms with van der Waals surface area (Å²) in [7, 11) is -2.96. The van der Waals surface area contributed by atoms with Crippen molar-refractivity contribution >= 4 is 24.7 Å².